The maximum atomic E-state index is 11.1. The smallest absolute Gasteiger partial charge is 0.303 e. The van der Waals surface area contributed by atoms with Crippen LogP contribution in [-0.2, 0) is 0 Å². The van der Waals surface area contributed by atoms with Crippen molar-refractivity contribution in [2.75, 3.05) is 0 Å². The zero-order valence-corrected chi connectivity index (χ0v) is 9.30. The number of hydrogen-bond donors (Lipinski definition) is 0. The fourth-order valence-corrected chi connectivity index (χ4v) is 2.28. The maximum absolute atomic E-state index is 11.1. The zero-order valence-electron chi connectivity index (χ0n) is 8.54. The Labute approximate surface area is 90.9 Å². The van der Waals surface area contributed by atoms with Gasteiger partial charge in [-0.25, -0.2) is 0 Å². The Hall–Kier alpha value is -0.500. The fourth-order valence-electron chi connectivity index (χ4n) is 2.08. The van der Waals surface area contributed by atoms with Crippen LogP contribution in [0.5, 0.6) is 0 Å². The molecule has 80 valence electrons. The molecule has 1 fully saturated rings. The summed E-state index contributed by atoms with van der Waals surface area (Å²) in [5, 5.41) is -0.398. The van der Waals surface area contributed by atoms with Crippen molar-refractivity contribution < 1.29 is 4.79 Å². The molecule has 1 amide bonds. The van der Waals surface area contributed by atoms with Gasteiger partial charge < -0.3 is 4.90 Å². The average molecular weight is 216 g/mol. The third kappa shape index (κ3) is 3.33. The van der Waals surface area contributed by atoms with Crippen molar-refractivity contribution in [1.82, 2.24) is 4.90 Å². The van der Waals surface area contributed by atoms with Crippen LogP contribution in [0.25, 0.3) is 0 Å². The van der Waals surface area contributed by atoms with Gasteiger partial charge in [-0.3, -0.25) is 4.79 Å². The second-order valence-electron chi connectivity index (χ2n) is 3.84. The average Bonchev–Trinajstić information content (AvgIpc) is 2.08. The van der Waals surface area contributed by atoms with E-state index in [1.165, 1.54) is 32.1 Å². The van der Waals surface area contributed by atoms with Crippen LogP contribution in [0.15, 0.2) is 12.8 Å². The molecule has 0 bridgehead atoms. The number of carbonyl (C=O) groups is 1. The molecule has 14 heavy (non-hydrogen) atoms. The van der Waals surface area contributed by atoms with Gasteiger partial charge in [-0.15, -0.1) is 0 Å². The highest BCUT2D eigenvalue weighted by Crippen LogP contribution is 2.22. The van der Waals surface area contributed by atoms with Gasteiger partial charge in [0, 0.05) is 12.2 Å². The topological polar surface area (TPSA) is 20.3 Å². The van der Waals surface area contributed by atoms with Gasteiger partial charge in [0.2, 0.25) is 0 Å². The van der Waals surface area contributed by atoms with Crippen LogP contribution in [0, 0.1) is 0 Å². The molecule has 0 radical (unpaired) electrons. The highest BCUT2D eigenvalue weighted by atomic mass is 35.5. The summed E-state index contributed by atoms with van der Waals surface area (Å²) in [4.78, 5) is 12.7. The second-order valence-corrected chi connectivity index (χ2v) is 4.17. The van der Waals surface area contributed by atoms with Gasteiger partial charge in [0.15, 0.2) is 0 Å². The Balaban J connectivity index is 2.52. The van der Waals surface area contributed by atoms with Crippen LogP contribution in [0.2, 0.25) is 0 Å². The monoisotopic (exact) mass is 215 g/mol. The van der Waals surface area contributed by atoms with E-state index in [0.717, 1.165) is 12.8 Å². The standard InChI is InChI=1S/C11H18ClNO/c1-2-13(11(12)14)10-8-6-4-3-5-7-9-10/h2,10H,1,3-9H2. The lowest BCUT2D eigenvalue weighted by Gasteiger charge is -2.28. The van der Waals surface area contributed by atoms with Gasteiger partial charge in [-0.1, -0.05) is 38.7 Å². The number of carbonyl (C=O) groups excluding carboxylic acids is 1. The predicted octanol–water partition coefficient (Wildman–Crippen LogP) is 3.90. The predicted molar refractivity (Wildman–Crippen MR) is 59.4 cm³/mol. The summed E-state index contributed by atoms with van der Waals surface area (Å²) in [5.41, 5.74) is 0. The van der Waals surface area contributed by atoms with Crippen molar-refractivity contribution >= 4 is 17.0 Å². The lowest BCUT2D eigenvalue weighted by Crippen LogP contribution is -2.33. The van der Waals surface area contributed by atoms with Crippen molar-refractivity contribution in [3.63, 3.8) is 0 Å². The van der Waals surface area contributed by atoms with E-state index in [1.807, 2.05) is 0 Å². The Morgan fingerprint density at radius 3 is 2.14 bits per heavy atom. The van der Waals surface area contributed by atoms with Crippen LogP contribution < -0.4 is 0 Å². The fraction of sp³-hybridized carbons (Fsp3) is 0.727. The summed E-state index contributed by atoms with van der Waals surface area (Å²) in [5.74, 6) is 0. The van der Waals surface area contributed by atoms with Crippen molar-refractivity contribution in [3.8, 4) is 0 Å². The molecule has 0 atom stereocenters. The van der Waals surface area contributed by atoms with E-state index in [1.54, 1.807) is 11.1 Å². The first-order chi connectivity index (χ1) is 6.75. The Bertz CT molecular complexity index is 197. The molecule has 0 spiro atoms. The molecule has 0 N–H and O–H groups in total. The lowest BCUT2D eigenvalue weighted by atomic mass is 9.96. The molecular formula is C11H18ClNO. The van der Waals surface area contributed by atoms with Crippen LogP contribution >= 0.6 is 11.6 Å². The minimum absolute atomic E-state index is 0.276. The van der Waals surface area contributed by atoms with Crippen molar-refractivity contribution in [2.45, 2.75) is 51.0 Å². The largest absolute Gasteiger partial charge is 0.320 e. The summed E-state index contributed by atoms with van der Waals surface area (Å²) in [6.45, 7) is 3.63. The normalized spacial score (nSPS) is 19.5. The molecule has 3 heteroatoms. The number of nitrogens with zero attached hydrogens (tertiary/aromatic N) is 1. The number of hydrogen-bond acceptors (Lipinski definition) is 1. The van der Waals surface area contributed by atoms with Crippen molar-refractivity contribution in [2.24, 2.45) is 0 Å². The molecule has 0 heterocycles. The minimum Gasteiger partial charge on any atom is -0.303 e. The maximum Gasteiger partial charge on any atom is 0.320 e. The van der Waals surface area contributed by atoms with Gasteiger partial charge in [0.1, 0.15) is 0 Å². The van der Waals surface area contributed by atoms with Crippen molar-refractivity contribution in [3.05, 3.63) is 12.8 Å². The van der Waals surface area contributed by atoms with Gasteiger partial charge in [0.05, 0.1) is 0 Å². The molecule has 1 rings (SSSR count). The van der Waals surface area contributed by atoms with Crippen LogP contribution in [-0.4, -0.2) is 16.3 Å². The van der Waals surface area contributed by atoms with E-state index < -0.39 is 5.37 Å². The molecule has 1 aliphatic carbocycles. The van der Waals surface area contributed by atoms with E-state index in [-0.39, 0.29) is 6.04 Å². The second kappa shape index (κ2) is 6.07. The van der Waals surface area contributed by atoms with Crippen LogP contribution in [0.3, 0.4) is 0 Å². The van der Waals surface area contributed by atoms with Crippen LogP contribution in [0.4, 0.5) is 4.79 Å². The van der Waals surface area contributed by atoms with Gasteiger partial charge in [-0.2, -0.15) is 0 Å². The lowest BCUT2D eigenvalue weighted by molar-refractivity contribution is 0.212. The van der Waals surface area contributed by atoms with E-state index in [4.69, 9.17) is 11.6 Å². The van der Waals surface area contributed by atoms with Crippen molar-refractivity contribution in [1.29, 1.82) is 0 Å². The highest BCUT2D eigenvalue weighted by molar-refractivity contribution is 6.63. The quantitative estimate of drug-likeness (QED) is 0.505. The summed E-state index contributed by atoms with van der Waals surface area (Å²) in [6.07, 6.45) is 9.94. The van der Waals surface area contributed by atoms with E-state index in [9.17, 15) is 4.79 Å². The Morgan fingerprint density at radius 2 is 1.71 bits per heavy atom. The molecule has 1 saturated carbocycles. The first kappa shape index (κ1) is 11.6. The Kier molecular flexibility index (Phi) is 5.02. The summed E-state index contributed by atoms with van der Waals surface area (Å²) >= 11 is 5.49. The molecule has 0 aliphatic heterocycles. The summed E-state index contributed by atoms with van der Waals surface area (Å²) < 4.78 is 0. The van der Waals surface area contributed by atoms with Gasteiger partial charge >= 0.3 is 5.37 Å². The molecular weight excluding hydrogens is 198 g/mol. The summed E-state index contributed by atoms with van der Waals surface area (Å²) in [6, 6.07) is 0.276. The first-order valence-corrected chi connectivity index (χ1v) is 5.74. The molecule has 0 unspecified atom stereocenters. The molecule has 0 aromatic heterocycles. The number of rotatable bonds is 2. The third-order valence-electron chi connectivity index (χ3n) is 2.87. The third-order valence-corrected chi connectivity index (χ3v) is 3.06. The number of amides is 1. The first-order valence-electron chi connectivity index (χ1n) is 5.36. The van der Waals surface area contributed by atoms with E-state index >= 15 is 0 Å². The highest BCUT2D eigenvalue weighted by Gasteiger charge is 2.20. The van der Waals surface area contributed by atoms with Gasteiger partial charge in [0.25, 0.3) is 0 Å². The molecule has 2 nitrogen and oxygen atoms in total. The molecule has 0 saturated heterocycles. The Morgan fingerprint density at radius 1 is 1.21 bits per heavy atom. The minimum atomic E-state index is -0.398. The van der Waals surface area contributed by atoms with E-state index in [0.29, 0.717) is 0 Å². The molecule has 0 aromatic rings. The zero-order chi connectivity index (χ0) is 10.4. The SMILES string of the molecule is C=CN(C(=O)Cl)C1CCCCCCC1. The molecule has 1 aliphatic rings. The van der Waals surface area contributed by atoms with Gasteiger partial charge in [-0.05, 0) is 24.4 Å². The van der Waals surface area contributed by atoms with Crippen LogP contribution in [0.1, 0.15) is 44.9 Å². The number of halogens is 1. The van der Waals surface area contributed by atoms with E-state index in [2.05, 4.69) is 6.58 Å². The summed E-state index contributed by atoms with van der Waals surface area (Å²) in [7, 11) is 0. The molecule has 0 aromatic carbocycles.